The summed E-state index contributed by atoms with van der Waals surface area (Å²) in [4.78, 5) is 33.7. The monoisotopic (exact) mass is 433 g/mol. The fourth-order valence-corrected chi connectivity index (χ4v) is 4.12. The summed E-state index contributed by atoms with van der Waals surface area (Å²) in [6.45, 7) is 2.96. The lowest BCUT2D eigenvalue weighted by molar-refractivity contribution is -0.136. The van der Waals surface area contributed by atoms with Crippen LogP contribution in [0.25, 0.3) is 10.9 Å². The number of alkyl halides is 3. The molecule has 1 N–H and O–H groups in total. The van der Waals surface area contributed by atoms with E-state index in [2.05, 4.69) is 15.1 Å². The van der Waals surface area contributed by atoms with Gasteiger partial charge in [-0.25, -0.2) is 0 Å². The van der Waals surface area contributed by atoms with Crippen LogP contribution in [0.1, 0.15) is 42.1 Å². The van der Waals surface area contributed by atoms with Crippen molar-refractivity contribution in [2.24, 2.45) is 0 Å². The maximum atomic E-state index is 13.4. The van der Waals surface area contributed by atoms with Gasteiger partial charge in [-0.2, -0.15) is 18.3 Å². The smallest absolute Gasteiger partial charge is 0.342 e. The van der Waals surface area contributed by atoms with Crippen LogP contribution in [-0.4, -0.2) is 43.6 Å². The van der Waals surface area contributed by atoms with Gasteiger partial charge in [0.1, 0.15) is 0 Å². The molecule has 0 radical (unpaired) electrons. The second-order valence-electron chi connectivity index (χ2n) is 7.82. The van der Waals surface area contributed by atoms with Gasteiger partial charge >= 0.3 is 6.18 Å². The zero-order chi connectivity index (χ0) is 22.2. The van der Waals surface area contributed by atoms with Crippen molar-refractivity contribution in [3.05, 3.63) is 57.9 Å². The van der Waals surface area contributed by atoms with Crippen molar-refractivity contribution in [3.63, 3.8) is 0 Å². The molecule has 0 saturated carbocycles. The van der Waals surface area contributed by atoms with E-state index in [1.807, 2.05) is 0 Å². The van der Waals surface area contributed by atoms with Gasteiger partial charge in [0, 0.05) is 55.8 Å². The largest absolute Gasteiger partial charge is 0.417 e. The van der Waals surface area contributed by atoms with E-state index in [9.17, 15) is 22.8 Å². The molecule has 0 aromatic carbocycles. The highest BCUT2D eigenvalue weighted by atomic mass is 19.4. The predicted octanol–water partition coefficient (Wildman–Crippen LogP) is 3.24. The molecule has 1 saturated heterocycles. The number of nitrogens with one attached hydrogen (secondary N) is 1. The van der Waals surface area contributed by atoms with Crippen molar-refractivity contribution in [2.75, 3.05) is 13.1 Å². The molecule has 3 aromatic rings. The quantitative estimate of drug-likeness (QED) is 0.685. The fourth-order valence-electron chi connectivity index (χ4n) is 4.12. The third-order valence-electron chi connectivity index (χ3n) is 5.59. The Morgan fingerprint density at radius 1 is 1.32 bits per heavy atom. The number of likely N-dealkylation sites (tertiary alicyclic amines) is 1. The van der Waals surface area contributed by atoms with Gasteiger partial charge in [0.15, 0.2) is 0 Å². The number of halogens is 3. The summed E-state index contributed by atoms with van der Waals surface area (Å²) in [6, 6.07) is 4.19. The molecule has 3 aromatic heterocycles. The molecule has 4 rings (SSSR count). The van der Waals surface area contributed by atoms with Crippen LogP contribution in [0.5, 0.6) is 0 Å². The first-order chi connectivity index (χ1) is 14.7. The number of fused-ring (bicyclic) bond motifs is 1. The molecule has 31 heavy (non-hydrogen) atoms. The van der Waals surface area contributed by atoms with Crippen LogP contribution in [0.4, 0.5) is 13.2 Å². The van der Waals surface area contributed by atoms with E-state index in [-0.39, 0.29) is 23.0 Å². The Kier molecular flexibility index (Phi) is 5.55. The summed E-state index contributed by atoms with van der Waals surface area (Å²) < 4.78 is 41.9. The summed E-state index contributed by atoms with van der Waals surface area (Å²) in [5.41, 5.74) is -1.08. The zero-order valence-electron chi connectivity index (χ0n) is 16.9. The number of rotatable bonds is 4. The molecular weight excluding hydrogens is 411 g/mol. The van der Waals surface area contributed by atoms with Gasteiger partial charge < -0.3 is 9.88 Å². The van der Waals surface area contributed by atoms with Gasteiger partial charge in [0.25, 0.3) is 5.56 Å². The highest BCUT2D eigenvalue weighted by molar-refractivity contribution is 5.82. The van der Waals surface area contributed by atoms with Crippen LogP contribution < -0.4 is 5.56 Å². The number of H-pyrrole nitrogens is 1. The molecule has 7 nitrogen and oxygen atoms in total. The highest BCUT2D eigenvalue weighted by Gasteiger charge is 2.35. The first-order valence-corrected chi connectivity index (χ1v) is 10.1. The average molecular weight is 433 g/mol. The van der Waals surface area contributed by atoms with Gasteiger partial charge in [0.05, 0.1) is 16.5 Å². The topological polar surface area (TPSA) is 83.9 Å². The van der Waals surface area contributed by atoms with Crippen LogP contribution in [0, 0.1) is 6.92 Å². The second kappa shape index (κ2) is 8.16. The average Bonchev–Trinajstić information content (AvgIpc) is 3.24. The standard InChI is InChI=1S/C21H22F3N5O2/c1-13-10-15(21(22,23)24)19-17(26-13)11-16(27-20(19)31)14-4-2-7-28(12-14)18(30)5-9-29-8-3-6-25-29/h3,6,8,10-11,14H,2,4-5,7,9,12H2,1H3,(H,27,31)/t14-/m1/s1. The van der Waals surface area contributed by atoms with Gasteiger partial charge in [0.2, 0.25) is 5.91 Å². The number of hydrogen-bond acceptors (Lipinski definition) is 4. The number of carbonyl (C=O) groups is 1. The number of nitrogens with zero attached hydrogens (tertiary/aromatic N) is 4. The number of hydrogen-bond donors (Lipinski definition) is 1. The maximum absolute atomic E-state index is 13.4. The molecular formula is C21H22F3N5O2. The van der Waals surface area contributed by atoms with E-state index in [4.69, 9.17) is 0 Å². The molecule has 0 bridgehead atoms. The number of piperidine rings is 1. The lowest BCUT2D eigenvalue weighted by Gasteiger charge is -2.33. The summed E-state index contributed by atoms with van der Waals surface area (Å²) in [6.07, 6.45) is 0.560. The highest BCUT2D eigenvalue weighted by Crippen LogP contribution is 2.34. The van der Waals surface area contributed by atoms with Gasteiger partial charge in [-0.3, -0.25) is 19.3 Å². The Morgan fingerprint density at radius 2 is 2.13 bits per heavy atom. The van der Waals surface area contributed by atoms with Crippen molar-refractivity contribution >= 4 is 16.8 Å². The van der Waals surface area contributed by atoms with Gasteiger partial charge in [-0.1, -0.05) is 0 Å². The molecule has 164 valence electrons. The Balaban J connectivity index is 1.58. The summed E-state index contributed by atoms with van der Waals surface area (Å²) >= 11 is 0. The molecule has 1 fully saturated rings. The Labute approximate surface area is 175 Å². The zero-order valence-corrected chi connectivity index (χ0v) is 16.9. The number of aromatic nitrogens is 4. The molecule has 1 aliphatic rings. The third kappa shape index (κ3) is 4.47. The number of amides is 1. The Bertz CT molecular complexity index is 1150. The van der Waals surface area contributed by atoms with E-state index >= 15 is 0 Å². The minimum absolute atomic E-state index is 0.0170. The summed E-state index contributed by atoms with van der Waals surface area (Å²) in [5.74, 6) is -0.187. The van der Waals surface area contributed by atoms with Crippen molar-refractivity contribution < 1.29 is 18.0 Å². The lowest BCUT2D eigenvalue weighted by Crippen LogP contribution is -2.40. The summed E-state index contributed by atoms with van der Waals surface area (Å²) in [7, 11) is 0. The number of pyridine rings is 2. The molecule has 0 aliphatic carbocycles. The molecule has 0 unspecified atom stereocenters. The van der Waals surface area contributed by atoms with E-state index in [1.165, 1.54) is 13.0 Å². The molecule has 1 amide bonds. The van der Waals surface area contributed by atoms with Crippen molar-refractivity contribution in [3.8, 4) is 0 Å². The molecule has 4 heterocycles. The Morgan fingerprint density at radius 3 is 2.84 bits per heavy atom. The van der Waals surface area contributed by atoms with Crippen LogP contribution >= 0.6 is 0 Å². The van der Waals surface area contributed by atoms with Gasteiger partial charge in [-0.05, 0) is 38.0 Å². The number of aromatic amines is 1. The van der Waals surface area contributed by atoms with E-state index in [1.54, 1.807) is 28.0 Å². The first kappa shape index (κ1) is 21.1. The maximum Gasteiger partial charge on any atom is 0.417 e. The van der Waals surface area contributed by atoms with Crippen LogP contribution in [0.3, 0.4) is 0 Å². The van der Waals surface area contributed by atoms with E-state index < -0.39 is 22.7 Å². The van der Waals surface area contributed by atoms with E-state index in [0.717, 1.165) is 18.9 Å². The normalized spacial score (nSPS) is 17.3. The molecule has 1 atom stereocenters. The summed E-state index contributed by atoms with van der Waals surface area (Å²) in [5, 5.41) is 3.63. The predicted molar refractivity (Wildman–Crippen MR) is 108 cm³/mol. The minimum atomic E-state index is -4.65. The third-order valence-corrected chi connectivity index (χ3v) is 5.59. The molecule has 10 heteroatoms. The number of aryl methyl sites for hydroxylation is 2. The Hall–Kier alpha value is -3.17. The SMILES string of the molecule is Cc1cc(C(F)(F)F)c2c(=O)[nH]c([C@@H]3CCCN(C(=O)CCn4cccn4)C3)cc2n1. The van der Waals surface area contributed by atoms with Crippen molar-refractivity contribution in [1.82, 2.24) is 24.6 Å². The van der Waals surface area contributed by atoms with Gasteiger partial charge in [-0.15, -0.1) is 0 Å². The first-order valence-electron chi connectivity index (χ1n) is 10.1. The molecule has 1 aliphatic heterocycles. The second-order valence-corrected chi connectivity index (χ2v) is 7.82. The van der Waals surface area contributed by atoms with Crippen LogP contribution in [0.2, 0.25) is 0 Å². The molecule has 0 spiro atoms. The van der Waals surface area contributed by atoms with Crippen molar-refractivity contribution in [1.29, 1.82) is 0 Å². The van der Waals surface area contributed by atoms with Crippen molar-refractivity contribution in [2.45, 2.75) is 44.8 Å². The van der Waals surface area contributed by atoms with Crippen LogP contribution in [0.15, 0.2) is 35.4 Å². The lowest BCUT2D eigenvalue weighted by atomic mass is 9.93. The fraction of sp³-hybridized carbons (Fsp3) is 0.429. The minimum Gasteiger partial charge on any atom is -0.342 e. The van der Waals surface area contributed by atoms with E-state index in [0.29, 0.717) is 31.7 Å². The number of carbonyl (C=O) groups excluding carboxylic acids is 1. The van der Waals surface area contributed by atoms with Crippen LogP contribution in [-0.2, 0) is 17.5 Å².